The molecule has 2 aliphatic heterocycles. The summed E-state index contributed by atoms with van der Waals surface area (Å²) in [5, 5.41) is 3.37. The number of rotatable bonds is 7. The van der Waals surface area contributed by atoms with E-state index >= 15 is 0 Å². The first kappa shape index (κ1) is 24.9. The molecule has 9 heteroatoms. The zero-order chi connectivity index (χ0) is 25.6. The van der Waals surface area contributed by atoms with Crippen LogP contribution in [0.25, 0.3) is 0 Å². The molecule has 8 nitrogen and oxygen atoms in total. The summed E-state index contributed by atoms with van der Waals surface area (Å²) >= 11 is 0. The number of hydrogen-bond acceptors (Lipinski definition) is 6. The number of sulfonamides is 1. The number of carbonyl (C=O) groups is 2. The molecule has 1 saturated carbocycles. The van der Waals surface area contributed by atoms with Gasteiger partial charge in [-0.3, -0.25) is 14.5 Å². The fraction of sp³-hybridized carbons (Fsp3) is 0.519. The lowest BCUT2D eigenvalue weighted by molar-refractivity contribution is -0.144. The Labute approximate surface area is 212 Å². The highest BCUT2D eigenvalue weighted by Crippen LogP contribution is 2.38. The Kier molecular flexibility index (Phi) is 6.63. The first-order chi connectivity index (χ1) is 17.1. The van der Waals surface area contributed by atoms with Crippen molar-refractivity contribution in [3.8, 4) is 0 Å². The van der Waals surface area contributed by atoms with Crippen LogP contribution in [0.4, 0.5) is 5.82 Å². The lowest BCUT2D eigenvalue weighted by atomic mass is 9.76. The molecule has 1 saturated heterocycles. The van der Waals surface area contributed by atoms with E-state index < -0.39 is 22.0 Å². The van der Waals surface area contributed by atoms with Gasteiger partial charge in [0, 0.05) is 18.3 Å². The predicted octanol–water partition coefficient (Wildman–Crippen LogP) is 3.18. The van der Waals surface area contributed by atoms with E-state index in [2.05, 4.69) is 22.2 Å². The molecule has 0 unspecified atom stereocenters. The van der Waals surface area contributed by atoms with Crippen LogP contribution in [0, 0.1) is 26.7 Å². The molecule has 3 aliphatic rings. The van der Waals surface area contributed by atoms with Crippen LogP contribution >= 0.6 is 0 Å². The number of anilines is 1. The van der Waals surface area contributed by atoms with Gasteiger partial charge in [-0.25, -0.2) is 13.4 Å². The summed E-state index contributed by atoms with van der Waals surface area (Å²) in [4.78, 5) is 32.0. The van der Waals surface area contributed by atoms with Crippen LogP contribution in [0.1, 0.15) is 60.1 Å². The van der Waals surface area contributed by atoms with Gasteiger partial charge in [0.15, 0.2) is 0 Å². The number of nitrogens with zero attached hydrogens (tertiary/aromatic N) is 2. The zero-order valence-corrected chi connectivity index (χ0v) is 22.0. The first-order valence-electron chi connectivity index (χ1n) is 12.8. The van der Waals surface area contributed by atoms with E-state index in [1.807, 2.05) is 6.92 Å². The number of carbonyl (C=O) groups excluding carboxylic acids is 2. The second-order valence-electron chi connectivity index (χ2n) is 10.6. The summed E-state index contributed by atoms with van der Waals surface area (Å²) in [5.41, 5.74) is 4.56. The monoisotopic (exact) mass is 510 g/mol. The van der Waals surface area contributed by atoms with E-state index in [4.69, 9.17) is 4.98 Å². The van der Waals surface area contributed by atoms with Gasteiger partial charge in [0.2, 0.25) is 21.8 Å². The van der Waals surface area contributed by atoms with Crippen LogP contribution in [0.5, 0.6) is 0 Å². The molecular formula is C27H34N4O4S. The summed E-state index contributed by atoms with van der Waals surface area (Å²) in [6.45, 7) is 6.36. The van der Waals surface area contributed by atoms with Crippen molar-refractivity contribution in [1.29, 1.82) is 0 Å². The number of hydrogen-bond donors (Lipinski definition) is 2. The minimum atomic E-state index is -3.93. The molecule has 1 aromatic heterocycles. The minimum absolute atomic E-state index is 0.130. The quantitative estimate of drug-likeness (QED) is 0.554. The molecule has 2 fully saturated rings. The number of benzene rings is 1. The smallest absolute Gasteiger partial charge is 0.248 e. The third-order valence-corrected chi connectivity index (χ3v) is 9.47. The number of pyridine rings is 1. The van der Waals surface area contributed by atoms with Gasteiger partial charge in [-0.05, 0) is 88.0 Å². The maximum Gasteiger partial charge on any atom is 0.248 e. The van der Waals surface area contributed by atoms with Crippen molar-refractivity contribution in [2.45, 2.75) is 82.7 Å². The van der Waals surface area contributed by atoms with Crippen molar-refractivity contribution in [3.05, 3.63) is 52.2 Å². The third kappa shape index (κ3) is 4.78. The van der Waals surface area contributed by atoms with Crippen molar-refractivity contribution >= 4 is 27.7 Å². The highest BCUT2D eigenvalue weighted by Gasteiger charge is 2.47. The molecule has 1 aromatic carbocycles. The highest BCUT2D eigenvalue weighted by atomic mass is 32.2. The van der Waals surface area contributed by atoms with Gasteiger partial charge in [0.1, 0.15) is 11.9 Å². The van der Waals surface area contributed by atoms with E-state index in [1.165, 1.54) is 10.5 Å². The second kappa shape index (κ2) is 9.59. The van der Waals surface area contributed by atoms with Gasteiger partial charge < -0.3 is 5.32 Å². The van der Waals surface area contributed by atoms with Crippen molar-refractivity contribution in [3.63, 3.8) is 0 Å². The molecule has 3 heterocycles. The molecule has 36 heavy (non-hydrogen) atoms. The lowest BCUT2D eigenvalue weighted by Gasteiger charge is -2.40. The molecule has 192 valence electrons. The molecule has 5 rings (SSSR count). The predicted molar refractivity (Wildman–Crippen MR) is 137 cm³/mol. The Morgan fingerprint density at radius 2 is 1.83 bits per heavy atom. The van der Waals surface area contributed by atoms with Crippen molar-refractivity contribution in [2.24, 2.45) is 5.92 Å². The van der Waals surface area contributed by atoms with Gasteiger partial charge in [0.25, 0.3) is 0 Å². The Hall–Kier alpha value is -2.78. The summed E-state index contributed by atoms with van der Waals surface area (Å²) in [6, 6.07) is 6.68. The largest absolute Gasteiger partial charge is 0.370 e. The Morgan fingerprint density at radius 3 is 2.56 bits per heavy atom. The molecular weight excluding hydrogens is 476 g/mol. The van der Waals surface area contributed by atoms with E-state index in [0.717, 1.165) is 62.1 Å². The summed E-state index contributed by atoms with van der Waals surface area (Å²) in [5.74, 6) is 0.700. The number of nitrogens with one attached hydrogen (secondary N) is 2. The van der Waals surface area contributed by atoms with Crippen LogP contribution in [0.15, 0.2) is 29.2 Å². The van der Waals surface area contributed by atoms with Gasteiger partial charge in [-0.1, -0.05) is 23.8 Å². The van der Waals surface area contributed by atoms with Gasteiger partial charge in [0.05, 0.1) is 11.3 Å². The van der Waals surface area contributed by atoms with E-state index in [9.17, 15) is 18.0 Å². The van der Waals surface area contributed by atoms with E-state index in [0.29, 0.717) is 17.0 Å². The maximum absolute atomic E-state index is 13.1. The number of fused-ring (bicyclic) bond motifs is 1. The summed E-state index contributed by atoms with van der Waals surface area (Å²) in [7, 11) is -3.93. The normalized spacial score (nSPS) is 23.9. The Bertz CT molecular complexity index is 1290. The van der Waals surface area contributed by atoms with Gasteiger partial charge in [-0.15, -0.1) is 0 Å². The highest BCUT2D eigenvalue weighted by molar-refractivity contribution is 7.89. The molecule has 0 bridgehead atoms. The third-order valence-electron chi connectivity index (χ3n) is 7.69. The summed E-state index contributed by atoms with van der Waals surface area (Å²) < 4.78 is 28.7. The number of likely N-dealkylation sites (tertiary alicyclic amines) is 1. The SMILES string of the molecule is Cc1cc(C)c(S(=O)(=O)N[C@H]2CC(=O)N(C3CC(CCc4ccc5c(n4)NCCC5)C3)C2=O)c(C)c1. The maximum atomic E-state index is 13.1. The van der Waals surface area contributed by atoms with Crippen LogP contribution in [0.3, 0.4) is 0 Å². The van der Waals surface area contributed by atoms with Crippen LogP contribution in [0.2, 0.25) is 0 Å². The van der Waals surface area contributed by atoms with Crippen molar-refractivity contribution in [2.75, 3.05) is 11.9 Å². The average Bonchev–Trinajstić information content (AvgIpc) is 3.04. The Morgan fingerprint density at radius 1 is 1.11 bits per heavy atom. The van der Waals surface area contributed by atoms with Crippen LogP contribution in [-0.4, -0.2) is 48.7 Å². The lowest BCUT2D eigenvalue weighted by Crippen LogP contribution is -2.50. The molecule has 2 N–H and O–H groups in total. The fourth-order valence-electron chi connectivity index (χ4n) is 5.97. The van der Waals surface area contributed by atoms with E-state index in [-0.39, 0.29) is 23.3 Å². The van der Waals surface area contributed by atoms with Crippen molar-refractivity contribution < 1.29 is 18.0 Å². The molecule has 1 aliphatic carbocycles. The standard InChI is InChI=1S/C27H34N4O4S/c1-16-11-17(2)25(18(3)12-16)36(34,35)30-23-15-24(32)31(27(23)33)22-13-19(14-22)6-8-21-9-7-20-5-4-10-28-26(20)29-21/h7,9,11-12,19,22-23,30H,4-6,8,10,13-15H2,1-3H3,(H,28,29)/t19?,22?,23-/m0/s1. The molecule has 0 radical (unpaired) electrons. The number of amides is 2. The van der Waals surface area contributed by atoms with Crippen LogP contribution < -0.4 is 10.0 Å². The first-order valence-corrected chi connectivity index (χ1v) is 14.3. The summed E-state index contributed by atoms with van der Waals surface area (Å²) in [6.07, 6.45) is 5.42. The van der Waals surface area contributed by atoms with Gasteiger partial charge >= 0.3 is 0 Å². The number of imide groups is 1. The topological polar surface area (TPSA) is 108 Å². The van der Waals surface area contributed by atoms with Crippen LogP contribution in [-0.2, 0) is 32.5 Å². The molecule has 2 aromatic rings. The molecule has 2 amide bonds. The molecule has 0 spiro atoms. The fourth-order valence-corrected chi connectivity index (χ4v) is 7.61. The average molecular weight is 511 g/mol. The second-order valence-corrected chi connectivity index (χ2v) is 12.2. The number of aryl methyl sites for hydroxylation is 5. The molecule has 1 atom stereocenters. The van der Waals surface area contributed by atoms with Crippen molar-refractivity contribution in [1.82, 2.24) is 14.6 Å². The van der Waals surface area contributed by atoms with Gasteiger partial charge in [-0.2, -0.15) is 4.72 Å². The minimum Gasteiger partial charge on any atom is -0.370 e. The van der Waals surface area contributed by atoms with E-state index in [1.54, 1.807) is 26.0 Å². The Balaban J connectivity index is 1.17. The number of aromatic nitrogens is 1. The zero-order valence-electron chi connectivity index (χ0n) is 21.1.